The minimum atomic E-state index is -0.225. The lowest BCUT2D eigenvalue weighted by Crippen LogP contribution is -2.50. The van der Waals surface area contributed by atoms with Gasteiger partial charge in [0.1, 0.15) is 11.4 Å². The van der Waals surface area contributed by atoms with Gasteiger partial charge in [-0.1, -0.05) is 6.07 Å². The second-order valence-electron chi connectivity index (χ2n) is 6.89. The van der Waals surface area contributed by atoms with Gasteiger partial charge in [0.25, 0.3) is 11.5 Å². The molecular formula is C19H19N5O2S. The van der Waals surface area contributed by atoms with Crippen LogP contribution in [-0.2, 0) is 12.8 Å². The van der Waals surface area contributed by atoms with Crippen LogP contribution in [0.4, 0.5) is 5.82 Å². The van der Waals surface area contributed by atoms with Crippen molar-refractivity contribution in [2.24, 2.45) is 0 Å². The number of piperazine rings is 1. The van der Waals surface area contributed by atoms with Crippen molar-refractivity contribution in [2.75, 3.05) is 31.1 Å². The van der Waals surface area contributed by atoms with E-state index in [1.165, 1.54) is 11.1 Å². The Bertz CT molecular complexity index is 1070. The van der Waals surface area contributed by atoms with Crippen LogP contribution in [0.1, 0.15) is 27.3 Å². The minimum absolute atomic E-state index is 0.172. The second-order valence-corrected chi connectivity index (χ2v) is 7.95. The second kappa shape index (κ2) is 6.45. The number of carbonyl (C=O) groups is 1. The maximum Gasteiger partial charge on any atom is 0.271 e. The first kappa shape index (κ1) is 16.4. The number of aryl methyl sites for hydroxylation is 2. The van der Waals surface area contributed by atoms with E-state index >= 15 is 0 Å². The summed E-state index contributed by atoms with van der Waals surface area (Å²) in [5.74, 6) is 0.696. The molecule has 3 aromatic heterocycles. The van der Waals surface area contributed by atoms with Gasteiger partial charge in [0, 0.05) is 49.1 Å². The molecule has 3 aromatic rings. The fraction of sp³-hybridized carbons (Fsp3) is 0.368. The number of anilines is 1. The Morgan fingerprint density at radius 2 is 1.93 bits per heavy atom. The number of hydrogen-bond donors (Lipinski definition) is 0. The topological polar surface area (TPSA) is 70.8 Å². The van der Waals surface area contributed by atoms with E-state index in [1.54, 1.807) is 26.8 Å². The summed E-state index contributed by atoms with van der Waals surface area (Å²) in [6.07, 6.45) is 6.18. The lowest BCUT2D eigenvalue weighted by atomic mass is 10.2. The van der Waals surface area contributed by atoms with E-state index in [2.05, 4.69) is 14.9 Å². The maximum atomic E-state index is 13.0. The lowest BCUT2D eigenvalue weighted by molar-refractivity contribution is 0.0744. The van der Waals surface area contributed by atoms with Gasteiger partial charge < -0.3 is 9.80 Å². The Balaban J connectivity index is 1.39. The first-order chi connectivity index (χ1) is 13.2. The van der Waals surface area contributed by atoms with Crippen LogP contribution in [0.2, 0.25) is 0 Å². The number of rotatable bonds is 2. The molecule has 1 aliphatic carbocycles. The number of nitrogens with zero attached hydrogens (tertiary/aromatic N) is 5. The van der Waals surface area contributed by atoms with Gasteiger partial charge in [-0.3, -0.25) is 14.0 Å². The molecule has 0 spiro atoms. The van der Waals surface area contributed by atoms with Gasteiger partial charge in [-0.15, -0.1) is 11.3 Å². The van der Waals surface area contributed by atoms with Crippen LogP contribution in [0.25, 0.3) is 4.96 Å². The van der Waals surface area contributed by atoms with Crippen LogP contribution in [0.15, 0.2) is 35.4 Å². The Morgan fingerprint density at radius 3 is 2.70 bits per heavy atom. The van der Waals surface area contributed by atoms with Crippen LogP contribution in [0.5, 0.6) is 0 Å². The van der Waals surface area contributed by atoms with Crippen LogP contribution < -0.4 is 10.5 Å². The van der Waals surface area contributed by atoms with Crippen molar-refractivity contribution in [3.8, 4) is 0 Å². The molecule has 4 heterocycles. The van der Waals surface area contributed by atoms with E-state index in [0.717, 1.165) is 30.8 Å². The van der Waals surface area contributed by atoms with Crippen molar-refractivity contribution in [2.45, 2.75) is 19.3 Å². The van der Waals surface area contributed by atoms with Gasteiger partial charge in [-0.2, -0.15) is 0 Å². The molecule has 1 fully saturated rings. The van der Waals surface area contributed by atoms with Gasteiger partial charge in [0.15, 0.2) is 4.96 Å². The molecule has 0 atom stereocenters. The molecule has 8 heteroatoms. The molecule has 0 unspecified atom stereocenters. The summed E-state index contributed by atoms with van der Waals surface area (Å²) < 4.78 is 1.66. The van der Waals surface area contributed by atoms with Gasteiger partial charge >= 0.3 is 0 Å². The molecule has 7 nitrogen and oxygen atoms in total. The highest BCUT2D eigenvalue weighted by atomic mass is 32.1. The molecule has 2 aliphatic rings. The average Bonchev–Trinajstić information content (AvgIpc) is 3.30. The first-order valence-corrected chi connectivity index (χ1v) is 10.0. The normalized spacial score (nSPS) is 16.7. The number of carbonyl (C=O) groups excluding carboxylic acids is 1. The zero-order valence-electron chi connectivity index (χ0n) is 14.8. The fourth-order valence-corrected chi connectivity index (χ4v) is 5.07. The molecule has 1 aliphatic heterocycles. The van der Waals surface area contributed by atoms with E-state index in [-0.39, 0.29) is 17.0 Å². The van der Waals surface area contributed by atoms with E-state index in [0.29, 0.717) is 31.1 Å². The van der Waals surface area contributed by atoms with Crippen molar-refractivity contribution in [3.63, 3.8) is 0 Å². The van der Waals surface area contributed by atoms with Gasteiger partial charge in [0.2, 0.25) is 0 Å². The molecule has 0 N–H and O–H groups in total. The highest BCUT2D eigenvalue weighted by Crippen LogP contribution is 2.29. The fourth-order valence-electron chi connectivity index (χ4n) is 3.90. The Labute approximate surface area is 159 Å². The van der Waals surface area contributed by atoms with Crippen molar-refractivity contribution < 1.29 is 4.79 Å². The molecule has 0 aromatic carbocycles. The smallest absolute Gasteiger partial charge is 0.271 e. The monoisotopic (exact) mass is 381 g/mol. The zero-order valence-corrected chi connectivity index (χ0v) is 15.6. The van der Waals surface area contributed by atoms with Crippen molar-refractivity contribution in [1.82, 2.24) is 19.3 Å². The molecule has 1 amide bonds. The SMILES string of the molecule is O=C(c1cnc2sc3c(n2c1=O)CCC3)N1CCN(c2ccccn2)CC1. The van der Waals surface area contributed by atoms with Crippen molar-refractivity contribution in [3.05, 3.63) is 57.1 Å². The molecule has 138 valence electrons. The number of fused-ring (bicyclic) bond motifs is 3. The summed E-state index contributed by atoms with van der Waals surface area (Å²) in [7, 11) is 0. The van der Waals surface area contributed by atoms with Gasteiger partial charge in [-0.25, -0.2) is 9.97 Å². The largest absolute Gasteiger partial charge is 0.353 e. The zero-order chi connectivity index (χ0) is 18.4. The van der Waals surface area contributed by atoms with Crippen molar-refractivity contribution >= 4 is 28.0 Å². The molecule has 5 rings (SSSR count). The standard InChI is InChI=1S/C19H19N5O2S/c25-17(23-10-8-22(9-11-23)16-6-1-2-7-20-16)13-12-21-19-24(18(13)26)14-4-3-5-15(14)27-19/h1-2,6-7,12H,3-5,8-11H2. The number of thiazole rings is 1. The van der Waals surface area contributed by atoms with E-state index in [4.69, 9.17) is 0 Å². The molecule has 27 heavy (non-hydrogen) atoms. The van der Waals surface area contributed by atoms with E-state index in [9.17, 15) is 9.59 Å². The molecule has 0 saturated carbocycles. The summed E-state index contributed by atoms with van der Waals surface area (Å²) in [6.45, 7) is 2.54. The summed E-state index contributed by atoms with van der Waals surface area (Å²) in [5, 5.41) is 0. The van der Waals surface area contributed by atoms with E-state index < -0.39 is 0 Å². The molecule has 1 saturated heterocycles. The van der Waals surface area contributed by atoms with Crippen LogP contribution in [0.3, 0.4) is 0 Å². The third-order valence-corrected chi connectivity index (χ3v) is 6.48. The minimum Gasteiger partial charge on any atom is -0.353 e. The van der Waals surface area contributed by atoms with Crippen LogP contribution in [-0.4, -0.2) is 51.4 Å². The number of hydrogen-bond acceptors (Lipinski definition) is 6. The Hall–Kier alpha value is -2.74. The summed E-state index contributed by atoms with van der Waals surface area (Å²) >= 11 is 1.57. The maximum absolute atomic E-state index is 13.0. The number of amides is 1. The Kier molecular flexibility index (Phi) is 3.93. The number of pyridine rings is 1. The van der Waals surface area contributed by atoms with Gasteiger partial charge in [0.05, 0.1) is 0 Å². The molecule has 0 bridgehead atoms. The summed E-state index contributed by atoms with van der Waals surface area (Å²) in [4.78, 5) is 40.5. The average molecular weight is 381 g/mol. The van der Waals surface area contributed by atoms with E-state index in [1.807, 2.05) is 18.2 Å². The summed E-state index contributed by atoms with van der Waals surface area (Å²) in [6, 6.07) is 5.82. The summed E-state index contributed by atoms with van der Waals surface area (Å²) in [5.41, 5.74) is 0.991. The molecule has 0 radical (unpaired) electrons. The predicted octanol–water partition coefficient (Wildman–Crippen LogP) is 1.60. The third kappa shape index (κ3) is 2.71. The molecular weight excluding hydrogens is 362 g/mol. The Morgan fingerprint density at radius 1 is 1.07 bits per heavy atom. The number of aromatic nitrogens is 3. The third-order valence-electron chi connectivity index (χ3n) is 5.32. The van der Waals surface area contributed by atoms with Crippen molar-refractivity contribution in [1.29, 1.82) is 0 Å². The van der Waals surface area contributed by atoms with Gasteiger partial charge in [-0.05, 0) is 31.4 Å². The first-order valence-electron chi connectivity index (χ1n) is 9.20. The quantitative estimate of drug-likeness (QED) is 0.674. The predicted molar refractivity (Wildman–Crippen MR) is 104 cm³/mol. The van der Waals surface area contributed by atoms with Crippen LogP contribution >= 0.6 is 11.3 Å². The highest BCUT2D eigenvalue weighted by molar-refractivity contribution is 7.17. The lowest BCUT2D eigenvalue weighted by Gasteiger charge is -2.35. The highest BCUT2D eigenvalue weighted by Gasteiger charge is 2.27. The van der Waals surface area contributed by atoms with Crippen LogP contribution in [0, 0.1) is 0 Å².